The van der Waals surface area contributed by atoms with Crippen molar-refractivity contribution in [2.45, 2.75) is 104 Å². The second-order valence-corrected chi connectivity index (χ2v) is 21.1. The summed E-state index contributed by atoms with van der Waals surface area (Å²) in [5, 5.41) is 1.82. The van der Waals surface area contributed by atoms with Crippen LogP contribution in [0, 0.1) is 11.3 Å². The standard InChI is InChI=1S/C47H60O8Si/c1-34(28-29-51-31-35-18-12-9-13-19-35)44(55-56(47(5,6)7,38-20-14-10-15-21-38)39-22-16-11-17-23-39)43(48)41-30-40(42(54-41)33-53-45(49)46(2,3)4)52-32-36-24-26-37(50-8)27-25-36/h9-27,34,40-42,44H,28-33H2,1-8H3/t34-,40-,41?,42-,44-/m1/s1. The zero-order valence-corrected chi connectivity index (χ0v) is 35.4. The van der Waals surface area contributed by atoms with Crippen molar-refractivity contribution in [2.75, 3.05) is 20.3 Å². The summed E-state index contributed by atoms with van der Waals surface area (Å²) in [7, 11) is -1.54. The summed E-state index contributed by atoms with van der Waals surface area (Å²) in [5.41, 5.74) is 1.35. The molecule has 4 aromatic carbocycles. The Morgan fingerprint density at radius 2 is 1.32 bits per heavy atom. The van der Waals surface area contributed by atoms with Crippen molar-refractivity contribution in [2.24, 2.45) is 11.3 Å². The summed E-state index contributed by atoms with van der Waals surface area (Å²) in [6.07, 6.45) is -1.93. The van der Waals surface area contributed by atoms with E-state index in [4.69, 9.17) is 28.1 Å². The number of carbonyl (C=O) groups excluding carboxylic acids is 2. The Morgan fingerprint density at radius 3 is 1.86 bits per heavy atom. The first kappa shape index (κ1) is 43.0. The van der Waals surface area contributed by atoms with E-state index >= 15 is 4.79 Å². The van der Waals surface area contributed by atoms with E-state index < -0.39 is 38.1 Å². The van der Waals surface area contributed by atoms with E-state index in [0.717, 1.165) is 27.2 Å². The minimum atomic E-state index is -3.17. The summed E-state index contributed by atoms with van der Waals surface area (Å²) in [6, 6.07) is 38.5. The molecule has 0 aliphatic carbocycles. The SMILES string of the molecule is COc1ccc(CO[C@@H]2CC(C(=O)[C@H](O[Si](c3ccccc3)(c3ccccc3)C(C)(C)C)[C@H](C)CCOCc3ccccc3)O[C@@H]2COC(=O)C(C)(C)C)cc1. The number of hydrogen-bond acceptors (Lipinski definition) is 8. The maximum absolute atomic E-state index is 15.2. The summed E-state index contributed by atoms with van der Waals surface area (Å²) in [6.45, 7) is 15.3. The van der Waals surface area contributed by atoms with Crippen molar-refractivity contribution >= 4 is 30.4 Å². The van der Waals surface area contributed by atoms with Gasteiger partial charge in [0.05, 0.1) is 31.8 Å². The molecule has 8 nitrogen and oxygen atoms in total. The van der Waals surface area contributed by atoms with Gasteiger partial charge in [-0.25, -0.2) is 0 Å². The molecule has 0 saturated carbocycles. The van der Waals surface area contributed by atoms with Crippen molar-refractivity contribution in [1.82, 2.24) is 0 Å². The summed E-state index contributed by atoms with van der Waals surface area (Å²) >= 11 is 0. The minimum Gasteiger partial charge on any atom is -0.497 e. The number of esters is 1. The molecule has 0 radical (unpaired) electrons. The number of ketones is 1. The molecule has 0 amide bonds. The normalized spacial score (nSPS) is 18.6. The quantitative estimate of drug-likeness (QED) is 0.0569. The van der Waals surface area contributed by atoms with Crippen LogP contribution in [0.3, 0.4) is 0 Å². The lowest BCUT2D eigenvalue weighted by molar-refractivity contribution is -0.160. The van der Waals surface area contributed by atoms with Crippen LogP contribution in [0.4, 0.5) is 0 Å². The lowest BCUT2D eigenvalue weighted by Crippen LogP contribution is -2.69. The van der Waals surface area contributed by atoms with Crippen LogP contribution < -0.4 is 15.1 Å². The Kier molecular flexibility index (Phi) is 14.9. The first-order valence-electron chi connectivity index (χ1n) is 19.7. The Morgan fingerprint density at radius 1 is 0.768 bits per heavy atom. The highest BCUT2D eigenvalue weighted by atomic mass is 28.4. The van der Waals surface area contributed by atoms with Crippen LogP contribution in [0.15, 0.2) is 115 Å². The Hall–Kier alpha value is -4.12. The fourth-order valence-corrected chi connectivity index (χ4v) is 12.0. The number of benzene rings is 4. The number of Topliss-reactive ketones (excluding diaryl/α,β-unsaturated/α-hetero) is 1. The fourth-order valence-electron chi connectivity index (χ4n) is 7.23. The molecular weight excluding hydrogens is 721 g/mol. The van der Waals surface area contributed by atoms with Crippen LogP contribution in [-0.2, 0) is 46.2 Å². The van der Waals surface area contributed by atoms with Crippen molar-refractivity contribution in [3.8, 4) is 5.75 Å². The van der Waals surface area contributed by atoms with E-state index in [1.54, 1.807) is 7.11 Å². The molecule has 9 heteroatoms. The van der Waals surface area contributed by atoms with Crippen molar-refractivity contribution in [3.05, 3.63) is 126 Å². The van der Waals surface area contributed by atoms with Gasteiger partial charge in [0.25, 0.3) is 8.32 Å². The van der Waals surface area contributed by atoms with Gasteiger partial charge in [0.1, 0.15) is 30.7 Å². The number of ether oxygens (including phenoxy) is 5. The highest BCUT2D eigenvalue weighted by molar-refractivity contribution is 6.99. The fraction of sp³-hybridized carbons (Fsp3) is 0.447. The maximum Gasteiger partial charge on any atom is 0.311 e. The van der Waals surface area contributed by atoms with Crippen LogP contribution in [0.25, 0.3) is 0 Å². The topological polar surface area (TPSA) is 89.5 Å². The molecule has 1 heterocycles. The molecule has 5 atom stereocenters. The first-order valence-corrected chi connectivity index (χ1v) is 21.6. The third kappa shape index (κ3) is 10.8. The lowest BCUT2D eigenvalue weighted by atomic mass is 9.94. The molecule has 56 heavy (non-hydrogen) atoms. The van der Waals surface area contributed by atoms with Gasteiger partial charge in [-0.2, -0.15) is 0 Å². The number of carbonyl (C=O) groups is 2. The van der Waals surface area contributed by atoms with Gasteiger partial charge < -0.3 is 28.1 Å². The van der Waals surface area contributed by atoms with Crippen LogP contribution in [0.5, 0.6) is 5.75 Å². The average molecular weight is 781 g/mol. The van der Waals surface area contributed by atoms with Crippen LogP contribution in [0.1, 0.15) is 72.4 Å². The smallest absolute Gasteiger partial charge is 0.311 e. The van der Waals surface area contributed by atoms with E-state index in [-0.39, 0.29) is 29.3 Å². The predicted molar refractivity (Wildman–Crippen MR) is 223 cm³/mol. The van der Waals surface area contributed by atoms with Gasteiger partial charge in [-0.15, -0.1) is 0 Å². The maximum atomic E-state index is 15.2. The summed E-state index contributed by atoms with van der Waals surface area (Å²) in [4.78, 5) is 28.1. The summed E-state index contributed by atoms with van der Waals surface area (Å²) < 4.78 is 37.9. The molecule has 5 rings (SSSR count). The Balaban J connectivity index is 1.47. The monoisotopic (exact) mass is 780 g/mol. The van der Waals surface area contributed by atoms with Gasteiger partial charge in [-0.1, -0.05) is 131 Å². The second-order valence-electron chi connectivity index (χ2n) is 16.9. The van der Waals surface area contributed by atoms with E-state index in [2.05, 4.69) is 52.0 Å². The molecule has 0 spiro atoms. The average Bonchev–Trinajstić information content (AvgIpc) is 3.61. The molecule has 4 aromatic rings. The first-order chi connectivity index (χ1) is 26.7. The number of methoxy groups -OCH3 is 1. The van der Waals surface area contributed by atoms with Crippen LogP contribution >= 0.6 is 0 Å². The summed E-state index contributed by atoms with van der Waals surface area (Å²) in [5.74, 6) is 0.0418. The minimum absolute atomic E-state index is 0.0315. The zero-order valence-electron chi connectivity index (χ0n) is 34.4. The van der Waals surface area contributed by atoms with Crippen LogP contribution in [-0.4, -0.2) is 64.8 Å². The van der Waals surface area contributed by atoms with Crippen LogP contribution in [0.2, 0.25) is 5.04 Å². The molecule has 1 aliphatic rings. The Labute approximate surface area is 334 Å². The zero-order chi connectivity index (χ0) is 40.3. The predicted octanol–water partition coefficient (Wildman–Crippen LogP) is 8.08. The molecule has 0 N–H and O–H groups in total. The molecule has 300 valence electrons. The van der Waals surface area contributed by atoms with Gasteiger partial charge in [-0.05, 0) is 71.8 Å². The van der Waals surface area contributed by atoms with Crippen molar-refractivity contribution in [1.29, 1.82) is 0 Å². The molecule has 1 aliphatic heterocycles. The molecular formula is C47H60O8Si. The van der Waals surface area contributed by atoms with E-state index in [1.807, 2.05) is 112 Å². The number of rotatable bonds is 18. The largest absolute Gasteiger partial charge is 0.497 e. The van der Waals surface area contributed by atoms with Gasteiger partial charge >= 0.3 is 5.97 Å². The molecule has 1 unspecified atom stereocenters. The van der Waals surface area contributed by atoms with Crippen molar-refractivity contribution < 1.29 is 37.7 Å². The Bertz CT molecular complexity index is 1760. The molecule has 0 aromatic heterocycles. The highest BCUT2D eigenvalue weighted by Crippen LogP contribution is 2.40. The second kappa shape index (κ2) is 19.3. The van der Waals surface area contributed by atoms with E-state index in [9.17, 15) is 4.79 Å². The molecule has 1 fully saturated rings. The highest BCUT2D eigenvalue weighted by Gasteiger charge is 2.54. The van der Waals surface area contributed by atoms with Gasteiger partial charge in [-0.3, -0.25) is 9.59 Å². The third-order valence-electron chi connectivity index (χ3n) is 10.5. The van der Waals surface area contributed by atoms with Gasteiger partial charge in [0.2, 0.25) is 0 Å². The van der Waals surface area contributed by atoms with Gasteiger partial charge in [0.15, 0.2) is 5.78 Å². The molecule has 1 saturated heterocycles. The molecule has 0 bridgehead atoms. The lowest BCUT2D eigenvalue weighted by Gasteiger charge is -2.46. The number of hydrogen-bond donors (Lipinski definition) is 0. The van der Waals surface area contributed by atoms with E-state index in [0.29, 0.717) is 32.7 Å². The van der Waals surface area contributed by atoms with Crippen molar-refractivity contribution in [3.63, 3.8) is 0 Å². The van der Waals surface area contributed by atoms with E-state index in [1.165, 1.54) is 0 Å². The third-order valence-corrected chi connectivity index (χ3v) is 15.5. The van der Waals surface area contributed by atoms with Gasteiger partial charge in [0, 0.05) is 13.0 Å².